The molecule has 6 heteroatoms. The molecule has 0 atom stereocenters. The van der Waals surface area contributed by atoms with Gasteiger partial charge in [-0.2, -0.15) is 5.10 Å². The van der Waals surface area contributed by atoms with Crippen LogP contribution in [-0.4, -0.2) is 17.2 Å². The number of hydrazone groups is 1. The Morgan fingerprint density at radius 1 is 1.15 bits per heavy atom. The standard InChI is InChI=1S/C14H10Cl2N2O2/c15-11-6-4-9(5-7-11)14(20)18-17-8-10-2-1-3-12(16)13(10)19/h1-8,19H,(H,18,20)/b17-8+. The van der Waals surface area contributed by atoms with Crippen LogP contribution in [0.15, 0.2) is 47.6 Å². The summed E-state index contributed by atoms with van der Waals surface area (Å²) in [5.74, 6) is -0.460. The highest BCUT2D eigenvalue weighted by Gasteiger charge is 2.04. The summed E-state index contributed by atoms with van der Waals surface area (Å²) >= 11 is 11.5. The van der Waals surface area contributed by atoms with E-state index in [4.69, 9.17) is 23.2 Å². The first-order valence-corrected chi connectivity index (χ1v) is 6.40. The number of nitrogens with one attached hydrogen (secondary N) is 1. The molecule has 2 N–H and O–H groups in total. The maximum absolute atomic E-state index is 11.7. The van der Waals surface area contributed by atoms with E-state index in [2.05, 4.69) is 10.5 Å². The molecule has 4 nitrogen and oxygen atoms in total. The number of rotatable bonds is 3. The summed E-state index contributed by atoms with van der Waals surface area (Å²) in [6.07, 6.45) is 1.31. The van der Waals surface area contributed by atoms with Crippen LogP contribution in [0.4, 0.5) is 0 Å². The Balaban J connectivity index is 2.04. The number of carbonyl (C=O) groups excluding carboxylic acids is 1. The van der Waals surface area contributed by atoms with Gasteiger partial charge < -0.3 is 5.11 Å². The molecular weight excluding hydrogens is 299 g/mol. The lowest BCUT2D eigenvalue weighted by atomic mass is 10.2. The fourth-order valence-corrected chi connectivity index (χ4v) is 1.77. The first kappa shape index (κ1) is 14.4. The first-order chi connectivity index (χ1) is 9.58. The van der Waals surface area contributed by atoms with Crippen LogP contribution in [0.2, 0.25) is 10.0 Å². The predicted molar refractivity (Wildman–Crippen MR) is 79.6 cm³/mol. The monoisotopic (exact) mass is 308 g/mol. The maximum Gasteiger partial charge on any atom is 0.271 e. The topological polar surface area (TPSA) is 61.7 Å². The number of hydrogen-bond donors (Lipinski definition) is 2. The molecule has 2 aromatic rings. The number of amides is 1. The quantitative estimate of drug-likeness (QED) is 0.674. The lowest BCUT2D eigenvalue weighted by molar-refractivity contribution is 0.0955. The predicted octanol–water partition coefficient (Wildman–Crippen LogP) is 3.46. The summed E-state index contributed by atoms with van der Waals surface area (Å²) in [5.41, 5.74) is 3.19. The molecule has 1 amide bonds. The van der Waals surface area contributed by atoms with Gasteiger partial charge in [-0.3, -0.25) is 4.79 Å². The molecule has 102 valence electrons. The van der Waals surface area contributed by atoms with Crippen molar-refractivity contribution in [3.8, 4) is 5.75 Å². The van der Waals surface area contributed by atoms with Gasteiger partial charge in [0.1, 0.15) is 5.75 Å². The first-order valence-electron chi connectivity index (χ1n) is 5.64. The molecule has 0 aliphatic carbocycles. The van der Waals surface area contributed by atoms with E-state index < -0.39 is 0 Å². The molecule has 2 aromatic carbocycles. The van der Waals surface area contributed by atoms with Crippen LogP contribution in [0.25, 0.3) is 0 Å². The summed E-state index contributed by atoms with van der Waals surface area (Å²) in [6.45, 7) is 0. The summed E-state index contributed by atoms with van der Waals surface area (Å²) in [5, 5.41) is 14.2. The van der Waals surface area contributed by atoms with Gasteiger partial charge in [-0.25, -0.2) is 5.43 Å². The molecular formula is C14H10Cl2N2O2. The second-order valence-electron chi connectivity index (χ2n) is 3.88. The minimum atomic E-state index is -0.376. The van der Waals surface area contributed by atoms with E-state index >= 15 is 0 Å². The number of halogens is 2. The number of para-hydroxylation sites is 1. The highest BCUT2D eigenvalue weighted by atomic mass is 35.5. The Kier molecular flexibility index (Phi) is 4.61. The highest BCUT2D eigenvalue weighted by molar-refractivity contribution is 6.32. The van der Waals surface area contributed by atoms with Crippen molar-refractivity contribution in [1.29, 1.82) is 0 Å². The van der Waals surface area contributed by atoms with Crippen LogP contribution >= 0.6 is 23.2 Å². The van der Waals surface area contributed by atoms with Crippen LogP contribution in [-0.2, 0) is 0 Å². The van der Waals surface area contributed by atoms with Gasteiger partial charge >= 0.3 is 0 Å². The van der Waals surface area contributed by atoms with E-state index in [1.807, 2.05) is 0 Å². The smallest absolute Gasteiger partial charge is 0.271 e. The summed E-state index contributed by atoms with van der Waals surface area (Å²) in [4.78, 5) is 11.7. The number of hydrogen-bond acceptors (Lipinski definition) is 3. The third-order valence-corrected chi connectivity index (χ3v) is 3.05. The van der Waals surface area contributed by atoms with Crippen LogP contribution in [0, 0.1) is 0 Å². The molecule has 0 aliphatic heterocycles. The largest absolute Gasteiger partial charge is 0.506 e. The van der Waals surface area contributed by atoms with E-state index in [1.54, 1.807) is 42.5 Å². The van der Waals surface area contributed by atoms with E-state index in [-0.39, 0.29) is 16.7 Å². The lowest BCUT2D eigenvalue weighted by Crippen LogP contribution is -2.17. The zero-order valence-electron chi connectivity index (χ0n) is 10.2. The summed E-state index contributed by atoms with van der Waals surface area (Å²) in [6, 6.07) is 11.3. The Hall–Kier alpha value is -2.04. The number of benzene rings is 2. The van der Waals surface area contributed by atoms with E-state index in [0.717, 1.165) is 0 Å². The van der Waals surface area contributed by atoms with E-state index in [1.165, 1.54) is 6.21 Å². The SMILES string of the molecule is O=C(N/N=C/c1cccc(Cl)c1O)c1ccc(Cl)cc1. The van der Waals surface area contributed by atoms with Gasteiger partial charge in [0.05, 0.1) is 11.2 Å². The molecule has 0 heterocycles. The summed E-state index contributed by atoms with van der Waals surface area (Å²) in [7, 11) is 0. The normalized spacial score (nSPS) is 10.7. The minimum absolute atomic E-state index is 0.0846. The molecule has 0 unspecified atom stereocenters. The number of carbonyl (C=O) groups is 1. The third kappa shape index (κ3) is 3.50. The van der Waals surface area contributed by atoms with Crippen LogP contribution in [0.3, 0.4) is 0 Å². The minimum Gasteiger partial charge on any atom is -0.506 e. The number of phenolic OH excluding ortho intramolecular Hbond substituents is 1. The van der Waals surface area contributed by atoms with Crippen molar-refractivity contribution in [3.63, 3.8) is 0 Å². The second kappa shape index (κ2) is 6.41. The fraction of sp³-hybridized carbons (Fsp3) is 0. The molecule has 0 radical (unpaired) electrons. The van der Waals surface area contributed by atoms with Crippen molar-refractivity contribution in [2.45, 2.75) is 0 Å². The third-order valence-electron chi connectivity index (χ3n) is 2.49. The molecule has 0 saturated heterocycles. The van der Waals surface area contributed by atoms with Crippen molar-refractivity contribution < 1.29 is 9.90 Å². The molecule has 20 heavy (non-hydrogen) atoms. The van der Waals surface area contributed by atoms with Crippen LogP contribution in [0.1, 0.15) is 15.9 Å². The van der Waals surface area contributed by atoms with Gasteiger partial charge in [0.15, 0.2) is 0 Å². The van der Waals surface area contributed by atoms with Gasteiger partial charge in [0.25, 0.3) is 5.91 Å². The molecule has 2 rings (SSSR count). The molecule has 0 spiro atoms. The number of nitrogens with zero attached hydrogens (tertiary/aromatic N) is 1. The fourth-order valence-electron chi connectivity index (χ4n) is 1.46. The molecule has 0 aliphatic rings. The van der Waals surface area contributed by atoms with Crippen LogP contribution in [0.5, 0.6) is 5.75 Å². The Bertz CT molecular complexity index is 655. The molecule has 0 saturated carbocycles. The zero-order valence-corrected chi connectivity index (χ0v) is 11.7. The van der Waals surface area contributed by atoms with Crippen molar-refractivity contribution in [3.05, 3.63) is 63.6 Å². The maximum atomic E-state index is 11.7. The van der Waals surface area contributed by atoms with Crippen molar-refractivity contribution in [1.82, 2.24) is 5.43 Å². The van der Waals surface area contributed by atoms with E-state index in [0.29, 0.717) is 16.1 Å². The van der Waals surface area contributed by atoms with Gasteiger partial charge in [-0.15, -0.1) is 0 Å². The Morgan fingerprint density at radius 3 is 2.55 bits per heavy atom. The van der Waals surface area contributed by atoms with Gasteiger partial charge in [0, 0.05) is 16.1 Å². The number of phenols is 1. The molecule has 0 bridgehead atoms. The van der Waals surface area contributed by atoms with Crippen molar-refractivity contribution in [2.24, 2.45) is 5.10 Å². The van der Waals surface area contributed by atoms with Crippen LogP contribution < -0.4 is 5.43 Å². The molecule has 0 aromatic heterocycles. The van der Waals surface area contributed by atoms with Crippen molar-refractivity contribution in [2.75, 3.05) is 0 Å². The van der Waals surface area contributed by atoms with Gasteiger partial charge in [0.2, 0.25) is 0 Å². The zero-order chi connectivity index (χ0) is 14.5. The highest BCUT2D eigenvalue weighted by Crippen LogP contribution is 2.25. The second-order valence-corrected chi connectivity index (χ2v) is 4.73. The Morgan fingerprint density at radius 2 is 1.85 bits per heavy atom. The lowest BCUT2D eigenvalue weighted by Gasteiger charge is -2.01. The van der Waals surface area contributed by atoms with Gasteiger partial charge in [-0.05, 0) is 36.4 Å². The Labute approximate surface area is 125 Å². The van der Waals surface area contributed by atoms with E-state index in [9.17, 15) is 9.90 Å². The average Bonchev–Trinajstić information content (AvgIpc) is 2.44. The summed E-state index contributed by atoms with van der Waals surface area (Å²) < 4.78 is 0. The molecule has 0 fully saturated rings. The average molecular weight is 309 g/mol. The number of aromatic hydroxyl groups is 1. The van der Waals surface area contributed by atoms with Gasteiger partial charge in [-0.1, -0.05) is 29.3 Å². The van der Waals surface area contributed by atoms with Crippen molar-refractivity contribution >= 4 is 35.3 Å².